The Labute approximate surface area is 128 Å². The van der Waals surface area contributed by atoms with E-state index in [4.69, 9.17) is 4.74 Å². The lowest BCUT2D eigenvalue weighted by molar-refractivity contribution is -0.138. The minimum atomic E-state index is 0.161. The Balaban J connectivity index is 1.86. The predicted molar refractivity (Wildman–Crippen MR) is 85.5 cm³/mol. The zero-order valence-electron chi connectivity index (χ0n) is 13.7. The van der Waals surface area contributed by atoms with Crippen LogP contribution in [-0.4, -0.2) is 36.6 Å². The Hall–Kier alpha value is -1.35. The van der Waals surface area contributed by atoms with Crippen LogP contribution in [0.3, 0.4) is 0 Å². The molecule has 3 heteroatoms. The van der Waals surface area contributed by atoms with Crippen LogP contribution in [0.5, 0.6) is 0 Å². The Morgan fingerprint density at radius 3 is 2.52 bits per heavy atom. The van der Waals surface area contributed by atoms with Gasteiger partial charge in [-0.3, -0.25) is 4.79 Å². The summed E-state index contributed by atoms with van der Waals surface area (Å²) >= 11 is 0. The number of nitrogens with zero attached hydrogens (tertiary/aromatic N) is 1. The number of carbonyl (C=O) groups is 1. The second-order valence-electron chi connectivity index (χ2n) is 6.97. The molecule has 0 bridgehead atoms. The third-order valence-electron chi connectivity index (χ3n) is 4.04. The van der Waals surface area contributed by atoms with Crippen LogP contribution in [0, 0.1) is 0 Å². The molecule has 1 unspecified atom stereocenters. The van der Waals surface area contributed by atoms with Gasteiger partial charge in [0.25, 0.3) is 0 Å². The molecule has 0 radical (unpaired) electrons. The van der Waals surface area contributed by atoms with Gasteiger partial charge in [0.2, 0.25) is 5.91 Å². The van der Waals surface area contributed by atoms with Gasteiger partial charge in [-0.25, -0.2) is 0 Å². The van der Waals surface area contributed by atoms with Gasteiger partial charge in [0.15, 0.2) is 0 Å². The van der Waals surface area contributed by atoms with E-state index in [0.717, 1.165) is 19.5 Å². The fourth-order valence-corrected chi connectivity index (χ4v) is 2.63. The number of aryl methyl sites for hydroxylation is 1. The molecule has 1 fully saturated rings. The van der Waals surface area contributed by atoms with Crippen LogP contribution in [0.4, 0.5) is 0 Å². The molecular formula is C18H27NO2. The van der Waals surface area contributed by atoms with Crippen molar-refractivity contribution in [2.45, 2.75) is 52.1 Å². The van der Waals surface area contributed by atoms with Gasteiger partial charge in [-0.15, -0.1) is 0 Å². The summed E-state index contributed by atoms with van der Waals surface area (Å²) in [5.41, 5.74) is 2.75. The molecule has 0 N–H and O–H groups in total. The molecule has 3 nitrogen and oxygen atoms in total. The molecule has 0 aliphatic carbocycles. The van der Waals surface area contributed by atoms with Gasteiger partial charge in [0.05, 0.1) is 12.7 Å². The fourth-order valence-electron chi connectivity index (χ4n) is 2.63. The lowest BCUT2D eigenvalue weighted by Gasteiger charge is -2.31. The first-order valence-electron chi connectivity index (χ1n) is 7.85. The zero-order valence-corrected chi connectivity index (χ0v) is 13.7. The molecule has 1 aromatic rings. The summed E-state index contributed by atoms with van der Waals surface area (Å²) in [5.74, 6) is 0.241. The zero-order chi connectivity index (χ0) is 15.5. The molecule has 1 amide bonds. The minimum Gasteiger partial charge on any atom is -0.375 e. The van der Waals surface area contributed by atoms with Gasteiger partial charge in [-0.05, 0) is 29.9 Å². The number of benzene rings is 1. The van der Waals surface area contributed by atoms with Crippen LogP contribution < -0.4 is 0 Å². The molecule has 0 saturated carbocycles. The Kier molecular flexibility index (Phi) is 5.04. The van der Waals surface area contributed by atoms with E-state index in [1.807, 2.05) is 11.8 Å². The molecule has 2 rings (SSSR count). The second-order valence-corrected chi connectivity index (χ2v) is 6.97. The largest absolute Gasteiger partial charge is 0.375 e. The van der Waals surface area contributed by atoms with E-state index in [-0.39, 0.29) is 17.4 Å². The topological polar surface area (TPSA) is 29.5 Å². The lowest BCUT2D eigenvalue weighted by Crippen LogP contribution is -2.44. The van der Waals surface area contributed by atoms with Crippen molar-refractivity contribution < 1.29 is 9.53 Å². The highest BCUT2D eigenvalue weighted by Crippen LogP contribution is 2.22. The summed E-state index contributed by atoms with van der Waals surface area (Å²) < 4.78 is 5.47. The molecule has 116 valence electrons. The first-order chi connectivity index (χ1) is 9.86. The number of amides is 1. The quantitative estimate of drug-likeness (QED) is 0.855. The fraction of sp³-hybridized carbons (Fsp3) is 0.611. The smallest absolute Gasteiger partial charge is 0.223 e. The summed E-state index contributed by atoms with van der Waals surface area (Å²) in [5, 5.41) is 0. The number of morpholine rings is 1. The van der Waals surface area contributed by atoms with Crippen molar-refractivity contribution in [2.24, 2.45) is 0 Å². The van der Waals surface area contributed by atoms with Crippen LogP contribution >= 0.6 is 0 Å². The van der Waals surface area contributed by atoms with Crippen LogP contribution in [0.15, 0.2) is 24.3 Å². The second kappa shape index (κ2) is 6.61. The van der Waals surface area contributed by atoms with Crippen LogP contribution in [0.2, 0.25) is 0 Å². The van der Waals surface area contributed by atoms with E-state index in [9.17, 15) is 4.79 Å². The highest BCUT2D eigenvalue weighted by atomic mass is 16.5. The summed E-state index contributed by atoms with van der Waals surface area (Å²) in [6.07, 6.45) is 1.56. The van der Waals surface area contributed by atoms with E-state index in [1.54, 1.807) is 0 Å². The maximum absolute atomic E-state index is 12.2. The van der Waals surface area contributed by atoms with E-state index in [2.05, 4.69) is 45.0 Å². The summed E-state index contributed by atoms with van der Waals surface area (Å²) in [6.45, 7) is 10.8. The standard InChI is InChI=1S/C18H27NO2/c1-14-13-19(11-12-21-14)17(20)10-7-15-5-8-16(9-6-15)18(2,3)4/h5-6,8-9,14H,7,10-13H2,1-4H3. The third-order valence-corrected chi connectivity index (χ3v) is 4.04. The van der Waals surface area contributed by atoms with Crippen molar-refractivity contribution in [3.8, 4) is 0 Å². The Bertz CT molecular complexity index is 473. The van der Waals surface area contributed by atoms with Crippen LogP contribution in [0.25, 0.3) is 0 Å². The van der Waals surface area contributed by atoms with E-state index in [0.29, 0.717) is 13.0 Å². The molecule has 21 heavy (non-hydrogen) atoms. The van der Waals surface area contributed by atoms with Crippen molar-refractivity contribution in [3.63, 3.8) is 0 Å². The van der Waals surface area contributed by atoms with Crippen molar-refractivity contribution >= 4 is 5.91 Å². The minimum absolute atomic E-state index is 0.161. The van der Waals surface area contributed by atoms with Gasteiger partial charge in [-0.2, -0.15) is 0 Å². The normalized spacial score (nSPS) is 19.6. The number of carbonyl (C=O) groups excluding carboxylic acids is 1. The average Bonchev–Trinajstić information content (AvgIpc) is 2.44. The number of ether oxygens (including phenoxy) is 1. The van der Waals surface area contributed by atoms with Gasteiger partial charge >= 0.3 is 0 Å². The lowest BCUT2D eigenvalue weighted by atomic mass is 9.86. The molecule has 1 atom stereocenters. The van der Waals surface area contributed by atoms with Crippen molar-refractivity contribution in [3.05, 3.63) is 35.4 Å². The summed E-state index contributed by atoms with van der Waals surface area (Å²) in [4.78, 5) is 14.1. The molecule has 1 aromatic carbocycles. The van der Waals surface area contributed by atoms with Crippen LogP contribution in [-0.2, 0) is 21.4 Å². The maximum atomic E-state index is 12.2. The Morgan fingerprint density at radius 2 is 1.95 bits per heavy atom. The predicted octanol–water partition coefficient (Wildman–Crippen LogP) is 3.16. The molecule has 1 heterocycles. The van der Waals surface area contributed by atoms with Crippen LogP contribution in [0.1, 0.15) is 45.2 Å². The van der Waals surface area contributed by atoms with E-state index < -0.39 is 0 Å². The van der Waals surface area contributed by atoms with E-state index >= 15 is 0 Å². The van der Waals surface area contributed by atoms with Gasteiger partial charge in [-0.1, -0.05) is 45.0 Å². The highest BCUT2D eigenvalue weighted by molar-refractivity contribution is 5.76. The van der Waals surface area contributed by atoms with Crippen molar-refractivity contribution in [1.82, 2.24) is 4.90 Å². The van der Waals surface area contributed by atoms with Crippen molar-refractivity contribution in [1.29, 1.82) is 0 Å². The first-order valence-corrected chi connectivity index (χ1v) is 7.85. The summed E-state index contributed by atoms with van der Waals surface area (Å²) in [7, 11) is 0. The molecule has 0 aromatic heterocycles. The number of rotatable bonds is 3. The van der Waals surface area contributed by atoms with Gasteiger partial charge < -0.3 is 9.64 Å². The van der Waals surface area contributed by atoms with E-state index in [1.165, 1.54) is 11.1 Å². The first kappa shape index (κ1) is 16.0. The van der Waals surface area contributed by atoms with Gasteiger partial charge in [0, 0.05) is 19.5 Å². The molecule has 1 aliphatic heterocycles. The average molecular weight is 289 g/mol. The highest BCUT2D eigenvalue weighted by Gasteiger charge is 2.21. The monoisotopic (exact) mass is 289 g/mol. The number of hydrogen-bond donors (Lipinski definition) is 0. The maximum Gasteiger partial charge on any atom is 0.223 e. The molecule has 1 aliphatic rings. The SMILES string of the molecule is CC1CN(C(=O)CCc2ccc(C(C)(C)C)cc2)CCO1. The third kappa shape index (κ3) is 4.57. The van der Waals surface area contributed by atoms with Crippen molar-refractivity contribution in [2.75, 3.05) is 19.7 Å². The molecule has 1 saturated heterocycles. The summed E-state index contributed by atoms with van der Waals surface area (Å²) in [6, 6.07) is 8.65. The number of hydrogen-bond acceptors (Lipinski definition) is 2. The molecular weight excluding hydrogens is 262 g/mol. The molecule has 0 spiro atoms. The Morgan fingerprint density at radius 1 is 1.29 bits per heavy atom. The van der Waals surface area contributed by atoms with Gasteiger partial charge in [0.1, 0.15) is 0 Å².